The van der Waals surface area contributed by atoms with E-state index in [-0.39, 0.29) is 0 Å². The van der Waals surface area contributed by atoms with Gasteiger partial charge in [0.15, 0.2) is 5.82 Å². The fourth-order valence-electron chi connectivity index (χ4n) is 2.96. The molecule has 0 amide bonds. The van der Waals surface area contributed by atoms with Crippen LogP contribution in [0, 0.1) is 13.8 Å². The highest BCUT2D eigenvalue weighted by Crippen LogP contribution is 2.22. The number of aromatic nitrogens is 5. The summed E-state index contributed by atoms with van der Waals surface area (Å²) in [5.41, 5.74) is 0.995. The van der Waals surface area contributed by atoms with E-state index in [2.05, 4.69) is 30.4 Å². The van der Waals surface area contributed by atoms with Gasteiger partial charge in [0.1, 0.15) is 0 Å². The van der Waals surface area contributed by atoms with Crippen LogP contribution in [0.1, 0.15) is 30.3 Å². The first-order chi connectivity index (χ1) is 11.2. The Morgan fingerprint density at radius 1 is 1.39 bits per heavy atom. The Bertz CT molecular complexity index is 776. The van der Waals surface area contributed by atoms with Gasteiger partial charge < -0.3 is 9.84 Å². The molecule has 1 fully saturated rings. The van der Waals surface area contributed by atoms with Crippen LogP contribution in [-0.2, 0) is 6.54 Å². The van der Waals surface area contributed by atoms with E-state index < -0.39 is 0 Å². The largest absolute Gasteiger partial charge is 0.356 e. The Labute approximate surface area is 137 Å². The number of piperidine rings is 1. The van der Waals surface area contributed by atoms with E-state index in [4.69, 9.17) is 4.52 Å². The summed E-state index contributed by atoms with van der Waals surface area (Å²) >= 11 is 1.59. The summed E-state index contributed by atoms with van der Waals surface area (Å²) in [4.78, 5) is 12.0. The molecule has 0 radical (unpaired) electrons. The molecule has 4 rings (SSSR count). The molecule has 1 unspecified atom stereocenters. The van der Waals surface area contributed by atoms with Crippen molar-refractivity contribution in [1.82, 2.24) is 29.6 Å². The highest BCUT2D eigenvalue weighted by atomic mass is 32.1. The predicted octanol–water partition coefficient (Wildman–Crippen LogP) is 1.87. The average molecular weight is 333 g/mol. The molecule has 1 saturated heterocycles. The van der Waals surface area contributed by atoms with Gasteiger partial charge in [0, 0.05) is 19.5 Å². The van der Waals surface area contributed by atoms with Crippen LogP contribution in [-0.4, -0.2) is 48.8 Å². The lowest BCUT2D eigenvalue weighted by atomic mass is 10.1. The van der Waals surface area contributed by atoms with Gasteiger partial charge in [0.25, 0.3) is 0 Å². The molecule has 1 aliphatic rings. The quantitative estimate of drug-likeness (QED) is 0.780. The van der Waals surface area contributed by atoms with Gasteiger partial charge in [-0.3, -0.25) is 4.90 Å². The Hall–Kier alpha value is -2.00. The molecule has 23 heavy (non-hydrogen) atoms. The zero-order valence-corrected chi connectivity index (χ0v) is 14.0. The Kier molecular flexibility index (Phi) is 3.74. The standard InChI is InChI=1S/C14H19N7OS/c1-9-6-21-14(15-9)23-13(18-21)17-11-4-3-5-20(7-11)8-12-16-10(2)22-19-12/h6,11H,3-5,7-8H2,1-2H3,(H,17,18). The second-order valence-electron chi connectivity index (χ2n) is 5.96. The van der Waals surface area contributed by atoms with Crippen molar-refractivity contribution in [3.63, 3.8) is 0 Å². The van der Waals surface area contributed by atoms with Crippen LogP contribution in [0.2, 0.25) is 0 Å². The van der Waals surface area contributed by atoms with E-state index >= 15 is 0 Å². The minimum atomic E-state index is 0.383. The summed E-state index contributed by atoms with van der Waals surface area (Å²) in [6, 6.07) is 0.383. The molecule has 1 atom stereocenters. The first kappa shape index (κ1) is 14.6. The summed E-state index contributed by atoms with van der Waals surface area (Å²) in [7, 11) is 0. The molecule has 3 aromatic heterocycles. The molecule has 3 aromatic rings. The first-order valence-electron chi connectivity index (χ1n) is 7.76. The fraction of sp³-hybridized carbons (Fsp3) is 0.571. The zero-order chi connectivity index (χ0) is 15.8. The Balaban J connectivity index is 1.39. The molecule has 9 heteroatoms. The molecule has 122 valence electrons. The van der Waals surface area contributed by atoms with Crippen LogP contribution in [0.15, 0.2) is 10.7 Å². The highest BCUT2D eigenvalue weighted by molar-refractivity contribution is 7.20. The predicted molar refractivity (Wildman–Crippen MR) is 86.6 cm³/mol. The monoisotopic (exact) mass is 333 g/mol. The molecule has 0 spiro atoms. The number of aryl methyl sites for hydroxylation is 2. The SMILES string of the molecule is Cc1cn2nc(NC3CCCN(Cc4noc(C)n4)C3)sc2n1. The lowest BCUT2D eigenvalue weighted by Crippen LogP contribution is -2.41. The van der Waals surface area contributed by atoms with Crippen LogP contribution in [0.5, 0.6) is 0 Å². The first-order valence-corrected chi connectivity index (χ1v) is 8.58. The van der Waals surface area contributed by atoms with E-state index in [1.807, 2.05) is 24.6 Å². The van der Waals surface area contributed by atoms with Crippen LogP contribution >= 0.6 is 11.3 Å². The van der Waals surface area contributed by atoms with Crippen LogP contribution < -0.4 is 5.32 Å². The minimum Gasteiger partial charge on any atom is -0.356 e. The van der Waals surface area contributed by atoms with Crippen LogP contribution in [0.4, 0.5) is 5.13 Å². The summed E-state index contributed by atoms with van der Waals surface area (Å²) in [6.07, 6.45) is 4.24. The molecule has 0 bridgehead atoms. The molecular weight excluding hydrogens is 314 g/mol. The molecule has 0 aliphatic carbocycles. The van der Waals surface area contributed by atoms with Gasteiger partial charge >= 0.3 is 0 Å². The third-order valence-electron chi connectivity index (χ3n) is 3.93. The normalized spacial score (nSPS) is 19.5. The van der Waals surface area contributed by atoms with Gasteiger partial charge in [-0.15, -0.1) is 5.10 Å². The molecule has 4 heterocycles. The zero-order valence-electron chi connectivity index (χ0n) is 13.2. The number of nitrogens with one attached hydrogen (secondary N) is 1. The van der Waals surface area contributed by atoms with E-state index in [1.54, 1.807) is 11.3 Å². The van der Waals surface area contributed by atoms with E-state index in [0.29, 0.717) is 11.9 Å². The van der Waals surface area contributed by atoms with Gasteiger partial charge in [-0.25, -0.2) is 9.50 Å². The Morgan fingerprint density at radius 2 is 2.30 bits per heavy atom. The molecule has 0 aromatic carbocycles. The van der Waals surface area contributed by atoms with Crippen molar-refractivity contribution in [3.05, 3.63) is 23.6 Å². The number of imidazole rings is 1. The second kappa shape index (κ2) is 5.89. The minimum absolute atomic E-state index is 0.383. The number of likely N-dealkylation sites (tertiary alicyclic amines) is 1. The lowest BCUT2D eigenvalue weighted by Gasteiger charge is -2.32. The summed E-state index contributed by atoms with van der Waals surface area (Å²) in [5.74, 6) is 1.37. The number of rotatable bonds is 4. The third kappa shape index (κ3) is 3.20. The maximum absolute atomic E-state index is 5.04. The van der Waals surface area contributed by atoms with Crippen molar-refractivity contribution in [2.24, 2.45) is 0 Å². The maximum Gasteiger partial charge on any atom is 0.223 e. The highest BCUT2D eigenvalue weighted by Gasteiger charge is 2.22. The number of anilines is 1. The van der Waals surface area contributed by atoms with Gasteiger partial charge in [-0.1, -0.05) is 16.5 Å². The Morgan fingerprint density at radius 3 is 3.09 bits per heavy atom. The maximum atomic E-state index is 5.04. The summed E-state index contributed by atoms with van der Waals surface area (Å²) in [6.45, 7) is 6.54. The van der Waals surface area contributed by atoms with E-state index in [0.717, 1.165) is 54.1 Å². The van der Waals surface area contributed by atoms with Crippen molar-refractivity contribution < 1.29 is 4.52 Å². The summed E-state index contributed by atoms with van der Waals surface area (Å²) in [5, 5.41) is 13.0. The smallest absolute Gasteiger partial charge is 0.223 e. The van der Waals surface area contributed by atoms with Crippen LogP contribution in [0.25, 0.3) is 4.96 Å². The van der Waals surface area contributed by atoms with E-state index in [9.17, 15) is 0 Å². The van der Waals surface area contributed by atoms with Gasteiger partial charge in [0.05, 0.1) is 18.4 Å². The van der Waals surface area contributed by atoms with Crippen molar-refractivity contribution >= 4 is 21.4 Å². The van der Waals surface area contributed by atoms with Crippen LogP contribution in [0.3, 0.4) is 0 Å². The summed E-state index contributed by atoms with van der Waals surface area (Å²) < 4.78 is 6.88. The molecule has 8 nitrogen and oxygen atoms in total. The van der Waals surface area contributed by atoms with Crippen molar-refractivity contribution in [3.8, 4) is 0 Å². The molecule has 1 aliphatic heterocycles. The van der Waals surface area contributed by atoms with Crippen molar-refractivity contribution in [2.45, 2.75) is 39.3 Å². The van der Waals surface area contributed by atoms with Gasteiger partial charge in [0.2, 0.25) is 16.0 Å². The van der Waals surface area contributed by atoms with Crippen molar-refractivity contribution in [1.29, 1.82) is 0 Å². The van der Waals surface area contributed by atoms with Crippen molar-refractivity contribution in [2.75, 3.05) is 18.4 Å². The van der Waals surface area contributed by atoms with Gasteiger partial charge in [-0.05, 0) is 26.3 Å². The molecular formula is C14H19N7OS. The number of hydrogen-bond acceptors (Lipinski definition) is 8. The molecule has 1 N–H and O–H groups in total. The van der Waals surface area contributed by atoms with E-state index in [1.165, 1.54) is 0 Å². The van der Waals surface area contributed by atoms with Gasteiger partial charge in [-0.2, -0.15) is 4.98 Å². The topological polar surface area (TPSA) is 84.4 Å². The molecule has 0 saturated carbocycles. The number of fused-ring (bicyclic) bond motifs is 1. The lowest BCUT2D eigenvalue weighted by molar-refractivity contribution is 0.201. The third-order valence-corrected chi connectivity index (χ3v) is 4.79. The fourth-order valence-corrected chi connectivity index (χ4v) is 3.87. The number of nitrogens with zero attached hydrogens (tertiary/aromatic N) is 6. The second-order valence-corrected chi connectivity index (χ2v) is 6.92. The number of hydrogen-bond donors (Lipinski definition) is 1. The average Bonchev–Trinajstić information content (AvgIpc) is 3.14.